The number of nitrogens with zero attached hydrogens (tertiary/aromatic N) is 2. The molecule has 106 valence electrons. The third-order valence-corrected chi connectivity index (χ3v) is 5.02. The molecule has 0 saturated heterocycles. The molecule has 0 radical (unpaired) electrons. The van der Waals surface area contributed by atoms with Crippen molar-refractivity contribution in [3.8, 4) is 0 Å². The number of nitrogens with two attached hydrogens (primary N) is 1. The molecule has 0 atom stereocenters. The van der Waals surface area contributed by atoms with Crippen LogP contribution in [0.25, 0.3) is 0 Å². The molecule has 19 heavy (non-hydrogen) atoms. The minimum Gasteiger partial charge on any atom is -0.339 e. The lowest BCUT2D eigenvalue weighted by Gasteiger charge is -2.33. The summed E-state index contributed by atoms with van der Waals surface area (Å²) in [5, 5.41) is 4.17. The van der Waals surface area contributed by atoms with Crippen molar-refractivity contribution >= 4 is 0 Å². The van der Waals surface area contributed by atoms with Crippen molar-refractivity contribution < 1.29 is 4.52 Å². The van der Waals surface area contributed by atoms with E-state index >= 15 is 0 Å². The Kier molecular flexibility index (Phi) is 3.61. The van der Waals surface area contributed by atoms with Gasteiger partial charge >= 0.3 is 0 Å². The maximum atomic E-state index is 6.48. The van der Waals surface area contributed by atoms with Crippen LogP contribution in [0.15, 0.2) is 4.52 Å². The van der Waals surface area contributed by atoms with Crippen LogP contribution in [0.1, 0.15) is 70.0 Å². The fourth-order valence-corrected chi connectivity index (χ4v) is 3.50. The zero-order chi connectivity index (χ0) is 13.3. The topological polar surface area (TPSA) is 64.9 Å². The van der Waals surface area contributed by atoms with E-state index in [4.69, 9.17) is 10.3 Å². The van der Waals surface area contributed by atoms with Crippen LogP contribution in [-0.4, -0.2) is 10.1 Å². The van der Waals surface area contributed by atoms with E-state index < -0.39 is 0 Å². The van der Waals surface area contributed by atoms with Crippen molar-refractivity contribution in [3.05, 3.63) is 11.7 Å². The molecule has 4 nitrogen and oxygen atoms in total. The first-order valence-electron chi connectivity index (χ1n) is 7.78. The van der Waals surface area contributed by atoms with Crippen molar-refractivity contribution in [2.75, 3.05) is 0 Å². The molecular formula is C15H25N3O. The molecular weight excluding hydrogens is 238 g/mol. The molecule has 1 aromatic rings. The van der Waals surface area contributed by atoms with Gasteiger partial charge < -0.3 is 10.3 Å². The zero-order valence-corrected chi connectivity index (χ0v) is 11.9. The van der Waals surface area contributed by atoms with Gasteiger partial charge in [-0.05, 0) is 50.4 Å². The largest absolute Gasteiger partial charge is 0.339 e. The average molecular weight is 263 g/mol. The zero-order valence-electron chi connectivity index (χ0n) is 11.9. The molecule has 0 aromatic carbocycles. The lowest BCUT2D eigenvalue weighted by Crippen LogP contribution is -2.41. The molecule has 2 saturated carbocycles. The molecule has 2 aliphatic rings. The summed E-state index contributed by atoms with van der Waals surface area (Å²) in [6.07, 6.45) is 10.6. The van der Waals surface area contributed by atoms with Gasteiger partial charge in [0.1, 0.15) is 0 Å². The van der Waals surface area contributed by atoms with E-state index in [0.717, 1.165) is 42.8 Å². The van der Waals surface area contributed by atoms with Crippen molar-refractivity contribution in [2.24, 2.45) is 17.6 Å². The summed E-state index contributed by atoms with van der Waals surface area (Å²) in [5.41, 5.74) is 6.14. The van der Waals surface area contributed by atoms with Crippen LogP contribution in [0, 0.1) is 11.8 Å². The van der Waals surface area contributed by atoms with Gasteiger partial charge in [-0.1, -0.05) is 24.9 Å². The first-order chi connectivity index (χ1) is 9.16. The van der Waals surface area contributed by atoms with Crippen molar-refractivity contribution in [2.45, 2.75) is 70.3 Å². The van der Waals surface area contributed by atoms with E-state index in [1.54, 1.807) is 0 Å². The van der Waals surface area contributed by atoms with Gasteiger partial charge in [-0.15, -0.1) is 0 Å². The van der Waals surface area contributed by atoms with E-state index in [0.29, 0.717) is 0 Å². The predicted molar refractivity (Wildman–Crippen MR) is 73.5 cm³/mol. The Labute approximate surface area is 115 Å². The van der Waals surface area contributed by atoms with Crippen LogP contribution in [0.5, 0.6) is 0 Å². The summed E-state index contributed by atoms with van der Waals surface area (Å²) in [6.45, 7) is 2.29. The van der Waals surface area contributed by atoms with Crippen LogP contribution in [0.3, 0.4) is 0 Å². The molecule has 2 fully saturated rings. The monoisotopic (exact) mass is 263 g/mol. The SMILES string of the molecule is CC1CCC(N)(c2noc(CC3CCCC3)n2)CC1. The van der Waals surface area contributed by atoms with Crippen LogP contribution in [-0.2, 0) is 12.0 Å². The molecule has 0 spiro atoms. The molecule has 0 aliphatic heterocycles. The number of aromatic nitrogens is 2. The highest BCUT2D eigenvalue weighted by atomic mass is 16.5. The smallest absolute Gasteiger partial charge is 0.226 e. The first kappa shape index (κ1) is 13.1. The number of hydrogen-bond acceptors (Lipinski definition) is 4. The quantitative estimate of drug-likeness (QED) is 0.909. The molecule has 0 unspecified atom stereocenters. The van der Waals surface area contributed by atoms with Gasteiger partial charge in [0.15, 0.2) is 5.82 Å². The van der Waals surface area contributed by atoms with Gasteiger partial charge in [-0.25, -0.2) is 0 Å². The van der Waals surface area contributed by atoms with E-state index in [-0.39, 0.29) is 5.54 Å². The molecule has 3 rings (SSSR count). The Morgan fingerprint density at radius 2 is 1.89 bits per heavy atom. The lowest BCUT2D eigenvalue weighted by atomic mass is 9.77. The number of rotatable bonds is 3. The first-order valence-corrected chi connectivity index (χ1v) is 7.78. The van der Waals surface area contributed by atoms with Gasteiger partial charge in [0.25, 0.3) is 0 Å². The molecule has 1 aromatic heterocycles. The summed E-state index contributed by atoms with van der Waals surface area (Å²) < 4.78 is 5.43. The summed E-state index contributed by atoms with van der Waals surface area (Å²) in [5.74, 6) is 3.06. The molecule has 4 heteroatoms. The fourth-order valence-electron chi connectivity index (χ4n) is 3.50. The second-order valence-electron chi connectivity index (χ2n) is 6.70. The summed E-state index contributed by atoms with van der Waals surface area (Å²) in [4.78, 5) is 4.59. The molecule has 0 amide bonds. The van der Waals surface area contributed by atoms with Crippen LogP contribution in [0.4, 0.5) is 0 Å². The molecule has 2 N–H and O–H groups in total. The summed E-state index contributed by atoms with van der Waals surface area (Å²) in [6, 6.07) is 0. The second-order valence-corrected chi connectivity index (χ2v) is 6.70. The predicted octanol–water partition coefficient (Wildman–Crippen LogP) is 3.17. The van der Waals surface area contributed by atoms with Gasteiger partial charge in [-0.3, -0.25) is 0 Å². The van der Waals surface area contributed by atoms with Crippen LogP contribution in [0.2, 0.25) is 0 Å². The minimum absolute atomic E-state index is 0.343. The van der Waals surface area contributed by atoms with Crippen LogP contribution < -0.4 is 5.73 Å². The molecule has 1 heterocycles. The maximum Gasteiger partial charge on any atom is 0.226 e. The Balaban J connectivity index is 1.66. The number of hydrogen-bond donors (Lipinski definition) is 1. The minimum atomic E-state index is -0.343. The highest BCUT2D eigenvalue weighted by Crippen LogP contribution is 2.36. The van der Waals surface area contributed by atoms with E-state index in [1.165, 1.54) is 38.5 Å². The maximum absolute atomic E-state index is 6.48. The molecule has 2 aliphatic carbocycles. The summed E-state index contributed by atoms with van der Waals surface area (Å²) in [7, 11) is 0. The van der Waals surface area contributed by atoms with Gasteiger partial charge in [0, 0.05) is 6.42 Å². The third-order valence-electron chi connectivity index (χ3n) is 5.02. The van der Waals surface area contributed by atoms with Gasteiger partial charge in [0.05, 0.1) is 5.54 Å². The Bertz CT molecular complexity index is 415. The highest BCUT2D eigenvalue weighted by molar-refractivity contribution is 5.06. The molecule has 0 bridgehead atoms. The van der Waals surface area contributed by atoms with Gasteiger partial charge in [-0.2, -0.15) is 4.98 Å². The normalized spacial score (nSPS) is 32.8. The summed E-state index contributed by atoms with van der Waals surface area (Å²) >= 11 is 0. The standard InChI is InChI=1S/C15H25N3O/c1-11-6-8-15(16,9-7-11)14-17-13(19-18-14)10-12-4-2-3-5-12/h11-12H,2-10,16H2,1H3. The van der Waals surface area contributed by atoms with E-state index in [1.807, 2.05) is 0 Å². The van der Waals surface area contributed by atoms with Crippen molar-refractivity contribution in [1.82, 2.24) is 10.1 Å². The van der Waals surface area contributed by atoms with Crippen molar-refractivity contribution in [1.29, 1.82) is 0 Å². The highest BCUT2D eigenvalue weighted by Gasteiger charge is 2.36. The Morgan fingerprint density at radius 1 is 1.21 bits per heavy atom. The third kappa shape index (κ3) is 2.83. The van der Waals surface area contributed by atoms with Gasteiger partial charge in [0.2, 0.25) is 5.89 Å². The Morgan fingerprint density at radius 3 is 2.58 bits per heavy atom. The Hall–Kier alpha value is -0.900. The van der Waals surface area contributed by atoms with E-state index in [9.17, 15) is 0 Å². The van der Waals surface area contributed by atoms with Crippen molar-refractivity contribution in [3.63, 3.8) is 0 Å². The van der Waals surface area contributed by atoms with Crippen LogP contribution >= 0.6 is 0 Å². The fraction of sp³-hybridized carbons (Fsp3) is 0.867. The van der Waals surface area contributed by atoms with E-state index in [2.05, 4.69) is 17.1 Å². The average Bonchev–Trinajstić information content (AvgIpc) is 3.05. The second kappa shape index (κ2) is 5.23. The lowest BCUT2D eigenvalue weighted by molar-refractivity contribution is 0.229.